The lowest BCUT2D eigenvalue weighted by Gasteiger charge is -2.11. The van der Waals surface area contributed by atoms with Gasteiger partial charge >= 0.3 is 0 Å². The molecular formula is C18H19N3O4S. The van der Waals surface area contributed by atoms with Gasteiger partial charge in [0.05, 0.1) is 17.1 Å². The number of aromatic nitrogens is 1. The van der Waals surface area contributed by atoms with E-state index in [2.05, 4.69) is 15.6 Å². The summed E-state index contributed by atoms with van der Waals surface area (Å²) in [6, 6.07) is 9.97. The molecule has 0 saturated carbocycles. The second-order valence-electron chi connectivity index (χ2n) is 6.27. The second-order valence-corrected chi connectivity index (χ2v) is 8.50. The van der Waals surface area contributed by atoms with Gasteiger partial charge in [0.15, 0.2) is 15.6 Å². The maximum Gasteiger partial charge on any atom is 0.253 e. The second kappa shape index (κ2) is 7.25. The molecule has 1 aliphatic heterocycles. The number of ketones is 1. The van der Waals surface area contributed by atoms with E-state index in [1.807, 2.05) is 6.07 Å². The zero-order valence-corrected chi connectivity index (χ0v) is 15.0. The quantitative estimate of drug-likeness (QED) is 0.776. The van der Waals surface area contributed by atoms with Crippen LogP contribution in [0.1, 0.15) is 34.1 Å². The Morgan fingerprint density at radius 1 is 1.15 bits per heavy atom. The van der Waals surface area contributed by atoms with Crippen molar-refractivity contribution < 1.29 is 18.0 Å². The Morgan fingerprint density at radius 2 is 1.96 bits per heavy atom. The number of hydrogen-bond acceptors (Lipinski definition) is 6. The molecule has 0 aliphatic carbocycles. The molecule has 1 aromatic carbocycles. The third kappa shape index (κ3) is 4.45. The van der Waals surface area contributed by atoms with Crippen LogP contribution in [0.4, 0.5) is 11.5 Å². The van der Waals surface area contributed by atoms with Gasteiger partial charge in [-0.1, -0.05) is 12.1 Å². The fourth-order valence-corrected chi connectivity index (χ4v) is 4.42. The molecule has 0 spiro atoms. The first-order valence-corrected chi connectivity index (χ1v) is 10.00. The summed E-state index contributed by atoms with van der Waals surface area (Å²) in [7, 11) is -3.04. The van der Waals surface area contributed by atoms with E-state index >= 15 is 0 Å². The van der Waals surface area contributed by atoms with Crippen LogP contribution in [0.15, 0.2) is 42.6 Å². The molecule has 0 radical (unpaired) electrons. The standard InChI is InChI=1S/C18H19N3O4S/c1-12(22)13-3-2-4-15(9-13)20-17-6-5-14(10-19-17)18(23)21-16-7-8-26(24,25)11-16/h2-6,9-10,16H,7-8,11H2,1H3,(H,19,20)(H,21,23). The van der Waals surface area contributed by atoms with Gasteiger partial charge in [-0.15, -0.1) is 0 Å². The molecule has 2 N–H and O–H groups in total. The SMILES string of the molecule is CC(=O)c1cccc(Nc2ccc(C(=O)NC3CCS(=O)(=O)C3)cn2)c1. The summed E-state index contributed by atoms with van der Waals surface area (Å²) in [4.78, 5) is 27.8. The van der Waals surface area contributed by atoms with Crippen LogP contribution in [0.5, 0.6) is 0 Å². The highest BCUT2D eigenvalue weighted by Crippen LogP contribution is 2.17. The number of rotatable bonds is 5. The topological polar surface area (TPSA) is 105 Å². The molecular weight excluding hydrogens is 354 g/mol. The van der Waals surface area contributed by atoms with Gasteiger partial charge in [0, 0.05) is 23.5 Å². The van der Waals surface area contributed by atoms with Crippen molar-refractivity contribution in [2.45, 2.75) is 19.4 Å². The van der Waals surface area contributed by atoms with Crippen LogP contribution in [-0.4, -0.2) is 42.6 Å². The largest absolute Gasteiger partial charge is 0.348 e. The van der Waals surface area contributed by atoms with Crippen molar-refractivity contribution in [2.75, 3.05) is 16.8 Å². The number of nitrogens with one attached hydrogen (secondary N) is 2. The summed E-state index contributed by atoms with van der Waals surface area (Å²) in [6.45, 7) is 1.50. The van der Waals surface area contributed by atoms with Gasteiger partial charge < -0.3 is 10.6 Å². The first-order chi connectivity index (χ1) is 12.3. The summed E-state index contributed by atoms with van der Waals surface area (Å²) in [5.74, 6) is 0.259. The molecule has 1 aliphatic rings. The Hall–Kier alpha value is -2.74. The summed E-state index contributed by atoms with van der Waals surface area (Å²) in [5, 5.41) is 5.80. The number of Topliss-reactive ketones (excluding diaryl/α,β-unsaturated/α-hetero) is 1. The predicted octanol–water partition coefficient (Wildman–Crippen LogP) is 1.94. The zero-order chi connectivity index (χ0) is 18.7. The fraction of sp³-hybridized carbons (Fsp3) is 0.278. The molecule has 2 aromatic rings. The fourth-order valence-electron chi connectivity index (χ4n) is 2.74. The maximum absolute atomic E-state index is 12.2. The molecule has 7 nitrogen and oxygen atoms in total. The van der Waals surface area contributed by atoms with Gasteiger partial charge in [-0.25, -0.2) is 13.4 Å². The van der Waals surface area contributed by atoms with Crippen LogP contribution in [0.3, 0.4) is 0 Å². The van der Waals surface area contributed by atoms with Crippen LogP contribution < -0.4 is 10.6 Å². The maximum atomic E-state index is 12.2. The Morgan fingerprint density at radius 3 is 2.58 bits per heavy atom. The van der Waals surface area contributed by atoms with Gasteiger partial charge in [0.2, 0.25) is 0 Å². The van der Waals surface area contributed by atoms with Crippen molar-refractivity contribution in [3.05, 3.63) is 53.7 Å². The number of sulfone groups is 1. The summed E-state index contributed by atoms with van der Waals surface area (Å²) in [5.41, 5.74) is 1.67. The van der Waals surface area contributed by atoms with Crippen LogP contribution in [0.2, 0.25) is 0 Å². The Labute approximate surface area is 151 Å². The van der Waals surface area contributed by atoms with E-state index in [1.54, 1.807) is 30.3 Å². The van der Waals surface area contributed by atoms with Gasteiger partial charge in [0.25, 0.3) is 5.91 Å². The van der Waals surface area contributed by atoms with Crippen LogP contribution >= 0.6 is 0 Å². The average Bonchev–Trinajstić information content (AvgIpc) is 2.94. The number of hydrogen-bond donors (Lipinski definition) is 2. The Balaban J connectivity index is 1.64. The van der Waals surface area contributed by atoms with Crippen molar-refractivity contribution >= 4 is 33.0 Å². The Bertz CT molecular complexity index is 939. The van der Waals surface area contributed by atoms with E-state index < -0.39 is 9.84 Å². The number of pyridine rings is 1. The van der Waals surface area contributed by atoms with Crippen molar-refractivity contribution in [1.82, 2.24) is 10.3 Å². The predicted molar refractivity (Wildman–Crippen MR) is 98.5 cm³/mol. The molecule has 136 valence electrons. The summed E-state index contributed by atoms with van der Waals surface area (Å²) < 4.78 is 22.9. The van der Waals surface area contributed by atoms with Crippen LogP contribution in [0, 0.1) is 0 Å². The lowest BCUT2D eigenvalue weighted by atomic mass is 10.1. The van der Waals surface area contributed by atoms with Gasteiger partial charge in [-0.3, -0.25) is 9.59 Å². The highest BCUT2D eigenvalue weighted by Gasteiger charge is 2.29. The number of carbonyl (C=O) groups is 2. The Kier molecular flexibility index (Phi) is 5.03. The summed E-state index contributed by atoms with van der Waals surface area (Å²) in [6.07, 6.45) is 1.86. The van der Waals surface area contributed by atoms with Gasteiger partial charge in [-0.05, 0) is 37.6 Å². The summed E-state index contributed by atoms with van der Waals surface area (Å²) >= 11 is 0. The van der Waals surface area contributed by atoms with Crippen molar-refractivity contribution in [3.63, 3.8) is 0 Å². The molecule has 1 unspecified atom stereocenters. The third-order valence-corrected chi connectivity index (χ3v) is 5.90. The number of benzene rings is 1. The molecule has 1 atom stereocenters. The van der Waals surface area contributed by atoms with E-state index in [4.69, 9.17) is 0 Å². The van der Waals surface area contributed by atoms with Crippen LogP contribution in [0.25, 0.3) is 0 Å². The number of nitrogens with zero attached hydrogens (tertiary/aromatic N) is 1. The van der Waals surface area contributed by atoms with E-state index in [0.717, 1.165) is 5.69 Å². The van der Waals surface area contributed by atoms with Crippen LogP contribution in [-0.2, 0) is 9.84 Å². The first-order valence-electron chi connectivity index (χ1n) is 8.18. The van der Waals surface area contributed by atoms with E-state index in [1.165, 1.54) is 13.1 Å². The van der Waals surface area contributed by atoms with E-state index in [-0.39, 0.29) is 29.2 Å². The van der Waals surface area contributed by atoms with Gasteiger partial charge in [0.1, 0.15) is 5.82 Å². The zero-order valence-electron chi connectivity index (χ0n) is 14.2. The molecule has 1 saturated heterocycles. The molecule has 2 heterocycles. The van der Waals surface area contributed by atoms with E-state index in [9.17, 15) is 18.0 Å². The lowest BCUT2D eigenvalue weighted by molar-refractivity contribution is 0.0940. The molecule has 1 aromatic heterocycles. The molecule has 1 amide bonds. The average molecular weight is 373 g/mol. The minimum atomic E-state index is -3.04. The lowest BCUT2D eigenvalue weighted by Crippen LogP contribution is -2.35. The smallest absolute Gasteiger partial charge is 0.253 e. The molecule has 8 heteroatoms. The minimum absolute atomic E-state index is 0.0156. The number of anilines is 2. The van der Waals surface area contributed by atoms with Gasteiger partial charge in [-0.2, -0.15) is 0 Å². The number of amides is 1. The highest BCUT2D eigenvalue weighted by molar-refractivity contribution is 7.91. The van der Waals surface area contributed by atoms with Crippen molar-refractivity contribution in [1.29, 1.82) is 0 Å². The normalized spacial score (nSPS) is 18.3. The molecule has 1 fully saturated rings. The van der Waals surface area contributed by atoms with Crippen molar-refractivity contribution in [3.8, 4) is 0 Å². The van der Waals surface area contributed by atoms with E-state index in [0.29, 0.717) is 23.4 Å². The highest BCUT2D eigenvalue weighted by atomic mass is 32.2. The third-order valence-electron chi connectivity index (χ3n) is 4.13. The van der Waals surface area contributed by atoms with Crippen molar-refractivity contribution in [2.24, 2.45) is 0 Å². The molecule has 3 rings (SSSR count). The monoisotopic (exact) mass is 373 g/mol. The first kappa shape index (κ1) is 18.1. The molecule has 0 bridgehead atoms. The number of carbonyl (C=O) groups excluding carboxylic acids is 2. The minimum Gasteiger partial charge on any atom is -0.348 e. The molecule has 26 heavy (non-hydrogen) atoms.